The van der Waals surface area contributed by atoms with Crippen molar-refractivity contribution in [3.63, 3.8) is 0 Å². The summed E-state index contributed by atoms with van der Waals surface area (Å²) in [6, 6.07) is 0.784. The maximum absolute atomic E-state index is 5.29. The molecule has 2 aliphatic rings. The highest BCUT2D eigenvalue weighted by molar-refractivity contribution is 4.83. The SMILES string of the molecule is CC[C@@H]1CC[C@H](C)N(C[C@@H]2CO2)C1. The predicted molar refractivity (Wildman–Crippen MR) is 53.8 cm³/mol. The van der Waals surface area contributed by atoms with Crippen LogP contribution in [0.15, 0.2) is 0 Å². The Morgan fingerprint density at radius 2 is 2.15 bits per heavy atom. The molecule has 0 amide bonds. The first-order valence-corrected chi connectivity index (χ1v) is 5.65. The smallest absolute Gasteiger partial charge is 0.0936 e. The summed E-state index contributed by atoms with van der Waals surface area (Å²) in [7, 11) is 0. The van der Waals surface area contributed by atoms with Crippen LogP contribution < -0.4 is 0 Å². The number of ether oxygens (including phenoxy) is 1. The van der Waals surface area contributed by atoms with Crippen molar-refractivity contribution in [2.75, 3.05) is 19.7 Å². The first-order valence-electron chi connectivity index (χ1n) is 5.65. The minimum atomic E-state index is 0.568. The summed E-state index contributed by atoms with van der Waals surface area (Å²) in [5, 5.41) is 0. The van der Waals surface area contributed by atoms with E-state index in [-0.39, 0.29) is 0 Å². The van der Waals surface area contributed by atoms with E-state index in [1.54, 1.807) is 0 Å². The van der Waals surface area contributed by atoms with E-state index in [1.807, 2.05) is 0 Å². The zero-order valence-electron chi connectivity index (χ0n) is 8.83. The van der Waals surface area contributed by atoms with Crippen molar-refractivity contribution in [1.29, 1.82) is 0 Å². The molecule has 2 heteroatoms. The molecule has 2 saturated heterocycles. The van der Waals surface area contributed by atoms with Crippen molar-refractivity contribution in [2.45, 2.75) is 45.3 Å². The zero-order chi connectivity index (χ0) is 9.26. The predicted octanol–water partition coefficient (Wildman–Crippen LogP) is 1.90. The highest BCUT2D eigenvalue weighted by Gasteiger charge is 2.31. The fourth-order valence-electron chi connectivity index (χ4n) is 2.29. The van der Waals surface area contributed by atoms with Gasteiger partial charge in [-0.15, -0.1) is 0 Å². The van der Waals surface area contributed by atoms with Gasteiger partial charge in [0.1, 0.15) is 0 Å². The van der Waals surface area contributed by atoms with Gasteiger partial charge in [-0.1, -0.05) is 13.3 Å². The molecule has 0 aromatic heterocycles. The molecule has 2 nitrogen and oxygen atoms in total. The third kappa shape index (κ3) is 2.44. The fourth-order valence-corrected chi connectivity index (χ4v) is 2.29. The number of likely N-dealkylation sites (tertiary alicyclic amines) is 1. The topological polar surface area (TPSA) is 15.8 Å². The van der Waals surface area contributed by atoms with Gasteiger partial charge in [-0.25, -0.2) is 0 Å². The van der Waals surface area contributed by atoms with Crippen LogP contribution in [-0.4, -0.2) is 36.7 Å². The van der Waals surface area contributed by atoms with Crippen LogP contribution >= 0.6 is 0 Å². The molecule has 0 N–H and O–H groups in total. The molecular formula is C11H21NO. The van der Waals surface area contributed by atoms with Crippen molar-refractivity contribution < 1.29 is 4.74 Å². The van der Waals surface area contributed by atoms with Crippen LogP contribution in [-0.2, 0) is 4.74 Å². The maximum Gasteiger partial charge on any atom is 0.0936 e. The van der Waals surface area contributed by atoms with Crippen LogP contribution in [0.2, 0.25) is 0 Å². The Labute approximate surface area is 81.3 Å². The molecule has 0 aliphatic carbocycles. The van der Waals surface area contributed by atoms with Crippen molar-refractivity contribution in [3.8, 4) is 0 Å². The number of rotatable bonds is 3. The standard InChI is InChI=1S/C11H21NO/c1-3-10-5-4-9(2)12(6-10)7-11-8-13-11/h9-11H,3-8H2,1-2H3/t9-,10+,11+/m0/s1. The monoisotopic (exact) mass is 183 g/mol. The molecule has 0 radical (unpaired) electrons. The van der Waals surface area contributed by atoms with E-state index in [4.69, 9.17) is 4.74 Å². The fraction of sp³-hybridized carbons (Fsp3) is 1.00. The first-order chi connectivity index (χ1) is 6.29. The largest absolute Gasteiger partial charge is 0.372 e. The van der Waals surface area contributed by atoms with Crippen LogP contribution in [0.4, 0.5) is 0 Å². The summed E-state index contributed by atoms with van der Waals surface area (Å²) in [4.78, 5) is 2.62. The molecule has 0 spiro atoms. The molecule has 2 aliphatic heterocycles. The quantitative estimate of drug-likeness (QED) is 0.621. The lowest BCUT2D eigenvalue weighted by molar-refractivity contribution is 0.107. The van der Waals surface area contributed by atoms with Gasteiger partial charge in [0.2, 0.25) is 0 Å². The number of nitrogens with zero attached hydrogens (tertiary/aromatic N) is 1. The van der Waals surface area contributed by atoms with Crippen molar-refractivity contribution >= 4 is 0 Å². The van der Waals surface area contributed by atoms with Gasteiger partial charge in [-0.3, -0.25) is 4.90 Å². The molecule has 0 bridgehead atoms. The molecule has 2 fully saturated rings. The maximum atomic E-state index is 5.29. The Balaban J connectivity index is 1.82. The lowest BCUT2D eigenvalue weighted by Gasteiger charge is -2.37. The Morgan fingerprint density at radius 1 is 1.38 bits per heavy atom. The van der Waals surface area contributed by atoms with Gasteiger partial charge in [0.05, 0.1) is 12.7 Å². The number of hydrogen-bond acceptors (Lipinski definition) is 2. The lowest BCUT2D eigenvalue weighted by atomic mass is 9.91. The molecule has 13 heavy (non-hydrogen) atoms. The summed E-state index contributed by atoms with van der Waals surface area (Å²) in [6.45, 7) is 8.15. The highest BCUT2D eigenvalue weighted by atomic mass is 16.6. The van der Waals surface area contributed by atoms with Gasteiger partial charge < -0.3 is 4.74 Å². The normalized spacial score (nSPS) is 40.6. The molecule has 3 atom stereocenters. The van der Waals surface area contributed by atoms with E-state index in [2.05, 4.69) is 18.7 Å². The van der Waals surface area contributed by atoms with Crippen LogP contribution in [0, 0.1) is 5.92 Å². The lowest BCUT2D eigenvalue weighted by Crippen LogP contribution is -2.43. The molecule has 76 valence electrons. The van der Waals surface area contributed by atoms with E-state index in [9.17, 15) is 0 Å². The van der Waals surface area contributed by atoms with E-state index in [0.29, 0.717) is 6.10 Å². The van der Waals surface area contributed by atoms with E-state index >= 15 is 0 Å². The molecule has 2 heterocycles. The van der Waals surface area contributed by atoms with E-state index in [0.717, 1.165) is 18.6 Å². The molecule has 0 aromatic carbocycles. The number of epoxide rings is 1. The highest BCUT2D eigenvalue weighted by Crippen LogP contribution is 2.25. The summed E-state index contributed by atoms with van der Waals surface area (Å²) in [6.07, 6.45) is 4.72. The first kappa shape index (κ1) is 9.47. The third-order valence-corrected chi connectivity index (χ3v) is 3.53. The zero-order valence-corrected chi connectivity index (χ0v) is 8.83. The Hall–Kier alpha value is -0.0800. The Bertz CT molecular complexity index is 167. The van der Waals surface area contributed by atoms with Crippen LogP contribution in [0.5, 0.6) is 0 Å². The second-order valence-corrected chi connectivity index (χ2v) is 4.61. The van der Waals surface area contributed by atoms with Gasteiger partial charge in [-0.2, -0.15) is 0 Å². The summed E-state index contributed by atoms with van der Waals surface area (Å²) in [5.74, 6) is 0.940. The summed E-state index contributed by atoms with van der Waals surface area (Å²) < 4.78 is 5.29. The van der Waals surface area contributed by atoms with Crippen molar-refractivity contribution in [3.05, 3.63) is 0 Å². The van der Waals surface area contributed by atoms with E-state index in [1.165, 1.54) is 32.4 Å². The van der Waals surface area contributed by atoms with Gasteiger partial charge >= 0.3 is 0 Å². The van der Waals surface area contributed by atoms with Crippen molar-refractivity contribution in [1.82, 2.24) is 4.90 Å². The minimum Gasteiger partial charge on any atom is -0.372 e. The Kier molecular flexibility index (Phi) is 2.89. The van der Waals surface area contributed by atoms with Crippen LogP contribution in [0.25, 0.3) is 0 Å². The molecular weight excluding hydrogens is 162 g/mol. The third-order valence-electron chi connectivity index (χ3n) is 3.53. The van der Waals surface area contributed by atoms with Gasteiger partial charge in [0.15, 0.2) is 0 Å². The molecule has 0 unspecified atom stereocenters. The molecule has 0 aromatic rings. The van der Waals surface area contributed by atoms with Crippen LogP contribution in [0.1, 0.15) is 33.1 Å². The second kappa shape index (κ2) is 3.97. The number of hydrogen-bond donors (Lipinski definition) is 0. The Morgan fingerprint density at radius 3 is 2.77 bits per heavy atom. The van der Waals surface area contributed by atoms with E-state index < -0.39 is 0 Å². The summed E-state index contributed by atoms with van der Waals surface area (Å²) in [5.41, 5.74) is 0. The average Bonchev–Trinajstić information content (AvgIpc) is 2.93. The second-order valence-electron chi connectivity index (χ2n) is 4.61. The van der Waals surface area contributed by atoms with Crippen LogP contribution in [0.3, 0.4) is 0 Å². The van der Waals surface area contributed by atoms with Gasteiger partial charge in [0, 0.05) is 19.1 Å². The summed E-state index contributed by atoms with van der Waals surface area (Å²) >= 11 is 0. The minimum absolute atomic E-state index is 0.568. The number of piperidine rings is 1. The van der Waals surface area contributed by atoms with Gasteiger partial charge in [0.25, 0.3) is 0 Å². The molecule has 0 saturated carbocycles. The van der Waals surface area contributed by atoms with Gasteiger partial charge in [-0.05, 0) is 25.7 Å². The van der Waals surface area contributed by atoms with Crippen molar-refractivity contribution in [2.24, 2.45) is 5.92 Å². The average molecular weight is 183 g/mol. The molecule has 2 rings (SSSR count).